The van der Waals surface area contributed by atoms with Crippen molar-refractivity contribution in [1.29, 1.82) is 0 Å². The van der Waals surface area contributed by atoms with Gasteiger partial charge in [-0.15, -0.1) is 0 Å². The minimum Gasteiger partial charge on any atom is -0.493 e. The minimum absolute atomic E-state index is 0.360. The van der Waals surface area contributed by atoms with Gasteiger partial charge in [0.2, 0.25) is 5.75 Å². The second kappa shape index (κ2) is 9.78. The SMILES string of the molecule is COc1cc(C(=O)N/N=C(/C)c2ccc(CC(C)C)cc2)cc(OC)c1OC. The van der Waals surface area contributed by atoms with Crippen LogP contribution in [0.15, 0.2) is 41.5 Å². The molecule has 0 aromatic heterocycles. The van der Waals surface area contributed by atoms with Gasteiger partial charge in [-0.25, -0.2) is 5.43 Å². The van der Waals surface area contributed by atoms with Gasteiger partial charge in [0.1, 0.15) is 0 Å². The van der Waals surface area contributed by atoms with Gasteiger partial charge in [-0.3, -0.25) is 4.79 Å². The summed E-state index contributed by atoms with van der Waals surface area (Å²) >= 11 is 0. The lowest BCUT2D eigenvalue weighted by atomic mass is 10.0. The smallest absolute Gasteiger partial charge is 0.271 e. The van der Waals surface area contributed by atoms with Gasteiger partial charge >= 0.3 is 0 Å². The largest absolute Gasteiger partial charge is 0.493 e. The number of amides is 1. The Labute approximate surface area is 166 Å². The molecule has 0 radical (unpaired) electrons. The molecule has 0 atom stereocenters. The van der Waals surface area contributed by atoms with E-state index in [1.807, 2.05) is 19.1 Å². The molecule has 0 aliphatic heterocycles. The molecular weight excluding hydrogens is 356 g/mol. The second-order valence-corrected chi connectivity index (χ2v) is 6.85. The summed E-state index contributed by atoms with van der Waals surface area (Å²) < 4.78 is 15.8. The molecule has 0 bridgehead atoms. The highest BCUT2D eigenvalue weighted by Gasteiger charge is 2.16. The Morgan fingerprint density at radius 2 is 1.54 bits per heavy atom. The van der Waals surface area contributed by atoms with Crippen molar-refractivity contribution in [3.05, 3.63) is 53.1 Å². The number of ether oxygens (including phenoxy) is 3. The molecule has 1 amide bonds. The number of methoxy groups -OCH3 is 3. The summed E-state index contributed by atoms with van der Waals surface area (Å²) in [7, 11) is 4.52. The lowest BCUT2D eigenvalue weighted by Crippen LogP contribution is -2.19. The predicted octanol–water partition coefficient (Wildman–Crippen LogP) is 4.06. The monoisotopic (exact) mass is 384 g/mol. The summed E-state index contributed by atoms with van der Waals surface area (Å²) in [4.78, 5) is 12.5. The van der Waals surface area contributed by atoms with Crippen LogP contribution in [0.1, 0.15) is 42.3 Å². The molecule has 2 aromatic rings. The van der Waals surface area contributed by atoms with Gasteiger partial charge < -0.3 is 14.2 Å². The van der Waals surface area contributed by atoms with Crippen molar-refractivity contribution in [3.8, 4) is 17.2 Å². The van der Waals surface area contributed by atoms with Crippen LogP contribution in [0.3, 0.4) is 0 Å². The third-order valence-electron chi connectivity index (χ3n) is 4.27. The highest BCUT2D eigenvalue weighted by Crippen LogP contribution is 2.38. The zero-order chi connectivity index (χ0) is 20.7. The van der Waals surface area contributed by atoms with Crippen LogP contribution in [0.4, 0.5) is 0 Å². The molecule has 1 N–H and O–H groups in total. The molecule has 0 spiro atoms. The first-order valence-electron chi connectivity index (χ1n) is 9.13. The summed E-state index contributed by atoms with van der Waals surface area (Å²) in [5, 5.41) is 4.22. The molecule has 150 valence electrons. The van der Waals surface area contributed by atoms with Crippen LogP contribution in [0.25, 0.3) is 0 Å². The Morgan fingerprint density at radius 3 is 2.00 bits per heavy atom. The van der Waals surface area contributed by atoms with E-state index >= 15 is 0 Å². The van der Waals surface area contributed by atoms with Crippen molar-refractivity contribution in [2.75, 3.05) is 21.3 Å². The van der Waals surface area contributed by atoms with Crippen LogP contribution in [-0.4, -0.2) is 32.9 Å². The van der Waals surface area contributed by atoms with Crippen LogP contribution in [0.5, 0.6) is 17.2 Å². The number of hydrogen-bond acceptors (Lipinski definition) is 5. The van der Waals surface area contributed by atoms with Gasteiger partial charge in [-0.05, 0) is 42.5 Å². The number of carbonyl (C=O) groups is 1. The number of benzene rings is 2. The van der Waals surface area contributed by atoms with Crippen LogP contribution in [0, 0.1) is 5.92 Å². The van der Waals surface area contributed by atoms with E-state index in [1.165, 1.54) is 26.9 Å². The molecule has 0 saturated heterocycles. The third kappa shape index (κ3) is 5.25. The van der Waals surface area contributed by atoms with Gasteiger partial charge in [0.25, 0.3) is 5.91 Å². The Morgan fingerprint density at radius 1 is 0.964 bits per heavy atom. The topological polar surface area (TPSA) is 69.2 Å². The Bertz CT molecular complexity index is 817. The molecule has 6 heteroatoms. The van der Waals surface area contributed by atoms with Crippen LogP contribution in [0.2, 0.25) is 0 Å². The van der Waals surface area contributed by atoms with Crippen LogP contribution >= 0.6 is 0 Å². The van der Waals surface area contributed by atoms with Crippen molar-refractivity contribution in [1.82, 2.24) is 5.43 Å². The highest BCUT2D eigenvalue weighted by atomic mass is 16.5. The zero-order valence-corrected chi connectivity index (χ0v) is 17.3. The number of carbonyl (C=O) groups excluding carboxylic acids is 1. The first kappa shape index (κ1) is 21.3. The minimum atomic E-state index is -0.366. The summed E-state index contributed by atoms with van der Waals surface area (Å²) in [5.41, 5.74) is 5.90. The molecule has 0 heterocycles. The summed E-state index contributed by atoms with van der Waals surface area (Å²) in [6.07, 6.45) is 1.04. The molecule has 0 fully saturated rings. The van der Waals surface area contributed by atoms with Crippen molar-refractivity contribution in [2.24, 2.45) is 11.0 Å². The fourth-order valence-corrected chi connectivity index (χ4v) is 2.83. The maximum Gasteiger partial charge on any atom is 0.271 e. The lowest BCUT2D eigenvalue weighted by Gasteiger charge is -2.13. The number of nitrogens with zero attached hydrogens (tertiary/aromatic N) is 1. The molecule has 2 rings (SSSR count). The van der Waals surface area contributed by atoms with E-state index in [1.54, 1.807) is 12.1 Å². The molecule has 0 aliphatic carbocycles. The average molecular weight is 384 g/mol. The maximum absolute atomic E-state index is 12.5. The molecule has 0 aliphatic rings. The maximum atomic E-state index is 12.5. The second-order valence-electron chi connectivity index (χ2n) is 6.85. The average Bonchev–Trinajstić information content (AvgIpc) is 2.70. The summed E-state index contributed by atoms with van der Waals surface area (Å²) in [6, 6.07) is 11.4. The highest BCUT2D eigenvalue weighted by molar-refractivity contribution is 6.01. The zero-order valence-electron chi connectivity index (χ0n) is 17.3. The number of hydrogen-bond donors (Lipinski definition) is 1. The molecule has 0 unspecified atom stereocenters. The van der Waals surface area contributed by atoms with E-state index in [0.29, 0.717) is 28.7 Å². The fraction of sp³-hybridized carbons (Fsp3) is 0.364. The van der Waals surface area contributed by atoms with E-state index < -0.39 is 0 Å². The lowest BCUT2D eigenvalue weighted by molar-refractivity contribution is 0.0954. The molecule has 6 nitrogen and oxygen atoms in total. The van der Waals surface area contributed by atoms with Gasteiger partial charge in [0, 0.05) is 5.56 Å². The predicted molar refractivity (Wildman–Crippen MR) is 111 cm³/mol. The van der Waals surface area contributed by atoms with E-state index in [4.69, 9.17) is 14.2 Å². The van der Waals surface area contributed by atoms with Crippen LogP contribution < -0.4 is 19.6 Å². The quantitative estimate of drug-likeness (QED) is 0.550. The number of rotatable bonds is 8. The molecular formula is C22H28N2O4. The van der Waals surface area contributed by atoms with Crippen molar-refractivity contribution < 1.29 is 19.0 Å². The fourth-order valence-electron chi connectivity index (χ4n) is 2.83. The van der Waals surface area contributed by atoms with Gasteiger partial charge in [0.05, 0.1) is 27.0 Å². The first-order valence-corrected chi connectivity index (χ1v) is 9.13. The Kier molecular flexibility index (Phi) is 7.44. The third-order valence-corrected chi connectivity index (χ3v) is 4.27. The van der Waals surface area contributed by atoms with Crippen LogP contribution in [-0.2, 0) is 6.42 Å². The van der Waals surface area contributed by atoms with Gasteiger partial charge in [-0.2, -0.15) is 5.10 Å². The van der Waals surface area contributed by atoms with Crippen molar-refractivity contribution >= 4 is 11.6 Å². The number of nitrogens with one attached hydrogen (secondary N) is 1. The van der Waals surface area contributed by atoms with Gasteiger partial charge in [-0.1, -0.05) is 38.1 Å². The molecule has 28 heavy (non-hydrogen) atoms. The summed E-state index contributed by atoms with van der Waals surface area (Å²) in [5.74, 6) is 1.50. The first-order chi connectivity index (χ1) is 13.4. The standard InChI is InChI=1S/C22H28N2O4/c1-14(2)11-16-7-9-17(10-8-16)15(3)23-24-22(25)18-12-19(26-4)21(28-6)20(13-18)27-5/h7-10,12-14H,11H2,1-6H3,(H,24,25)/b23-15-. The van der Waals surface area contributed by atoms with E-state index in [0.717, 1.165) is 17.7 Å². The van der Waals surface area contributed by atoms with E-state index in [9.17, 15) is 4.79 Å². The normalized spacial score (nSPS) is 11.3. The summed E-state index contributed by atoms with van der Waals surface area (Å²) in [6.45, 7) is 6.24. The number of hydrazone groups is 1. The van der Waals surface area contributed by atoms with E-state index in [2.05, 4.69) is 36.5 Å². The van der Waals surface area contributed by atoms with Crippen molar-refractivity contribution in [2.45, 2.75) is 27.2 Å². The van der Waals surface area contributed by atoms with Crippen molar-refractivity contribution in [3.63, 3.8) is 0 Å². The Balaban J connectivity index is 2.16. The molecule has 2 aromatic carbocycles. The Hall–Kier alpha value is -3.02. The van der Waals surface area contributed by atoms with E-state index in [-0.39, 0.29) is 5.91 Å². The van der Waals surface area contributed by atoms with Gasteiger partial charge in [0.15, 0.2) is 11.5 Å². The molecule has 0 saturated carbocycles.